The van der Waals surface area contributed by atoms with E-state index in [4.69, 9.17) is 80.4 Å². The van der Waals surface area contributed by atoms with Gasteiger partial charge in [0.25, 0.3) is 0 Å². The molecule has 17 unspecified atom stereocenters. The van der Waals surface area contributed by atoms with Gasteiger partial charge in [0.05, 0.1) is 28.7 Å². The fraction of sp³-hybridized carbons (Fsp3) is 0.319. The maximum absolute atomic E-state index is 16.0. The quantitative estimate of drug-likeness (QED) is 0.0833. The van der Waals surface area contributed by atoms with Gasteiger partial charge in [0, 0.05) is 52.8 Å². The first-order chi connectivity index (χ1) is 50.3. The highest BCUT2D eigenvalue weighted by molar-refractivity contribution is 6.32. The third-order valence-electron chi connectivity index (χ3n) is 18.8. The molecule has 2 saturated heterocycles. The van der Waals surface area contributed by atoms with Crippen molar-refractivity contribution in [3.63, 3.8) is 0 Å². The van der Waals surface area contributed by atoms with E-state index in [1.165, 1.54) is 31.2 Å². The number of aliphatic carboxylic acids is 1. The molecule has 21 N–H and O–H groups in total. The predicted molar refractivity (Wildman–Crippen MR) is 375 cm³/mol. The highest BCUT2D eigenvalue weighted by atomic mass is 35.5. The van der Waals surface area contributed by atoms with Crippen molar-refractivity contribution in [2.75, 3.05) is 6.54 Å². The Bertz CT molecular complexity index is 4600. The number of rotatable bonds is 12. The zero-order valence-electron chi connectivity index (χ0n) is 55.9. The maximum Gasteiger partial charge on any atom is 0.330 e. The first-order valence-electron chi connectivity index (χ1n) is 33.0. The van der Waals surface area contributed by atoms with Crippen molar-refractivity contribution < 1.29 is 108 Å². The third-order valence-corrected chi connectivity index (χ3v) is 19.6. The summed E-state index contributed by atoms with van der Waals surface area (Å²) >= 11 is 20.3. The molecule has 31 nitrogen and oxygen atoms in total. The minimum Gasteiger partial charge on any atom is -0.508 e. The lowest BCUT2D eigenvalue weighted by Crippen LogP contribution is -2.65. The lowest BCUT2D eigenvalue weighted by Gasteiger charge is -2.47. The molecule has 558 valence electrons. The van der Waals surface area contributed by atoms with Crippen molar-refractivity contribution in [1.82, 2.24) is 31.9 Å². The lowest BCUT2D eigenvalue weighted by atomic mass is 9.86. The van der Waals surface area contributed by atoms with Crippen molar-refractivity contribution in [2.45, 2.75) is 136 Å². The second-order valence-electron chi connectivity index (χ2n) is 26.4. The molecule has 17 atom stereocenters. The van der Waals surface area contributed by atoms with E-state index in [-0.39, 0.29) is 52.7 Å². The van der Waals surface area contributed by atoms with Crippen LogP contribution < -0.4 is 63.3 Å². The van der Waals surface area contributed by atoms with E-state index in [2.05, 4.69) is 31.9 Å². The third kappa shape index (κ3) is 15.9. The van der Waals surface area contributed by atoms with Crippen LogP contribution in [0.25, 0.3) is 22.3 Å². The number of aliphatic hydroxyl groups excluding tert-OH is 5. The molecule has 11 bridgehead atoms. The second-order valence-corrected chi connectivity index (χ2v) is 27.7. The van der Waals surface area contributed by atoms with Crippen LogP contribution in [0, 0.1) is 0 Å². The molecule has 0 aromatic heterocycles. The van der Waals surface area contributed by atoms with Gasteiger partial charge >= 0.3 is 5.97 Å². The molecular formula is C72H72Cl3N9O22. The van der Waals surface area contributed by atoms with Crippen LogP contribution in [-0.4, -0.2) is 167 Å². The summed E-state index contributed by atoms with van der Waals surface area (Å²) in [5.41, 5.74) is 17.2. The van der Waals surface area contributed by atoms with Crippen molar-refractivity contribution >= 4 is 76.2 Å². The average Bonchev–Trinajstić information content (AvgIpc) is 0.765. The maximum atomic E-state index is 16.0. The number of hydrogen-bond donors (Lipinski definition) is 18. The highest BCUT2D eigenvalue weighted by Gasteiger charge is 2.51. The number of fused-ring (bicyclic) bond motifs is 15. The molecule has 7 aliphatic heterocycles. The number of phenols is 3. The van der Waals surface area contributed by atoms with Gasteiger partial charge in [-0.3, -0.25) is 28.8 Å². The summed E-state index contributed by atoms with van der Waals surface area (Å²) < 4.78 is 39.5. The van der Waals surface area contributed by atoms with Gasteiger partial charge in [0.2, 0.25) is 47.5 Å². The number of ether oxygens (including phenoxy) is 6. The summed E-state index contributed by atoms with van der Waals surface area (Å²) in [6.45, 7) is 3.05. The molecule has 34 heteroatoms. The summed E-state index contributed by atoms with van der Waals surface area (Å²) in [6, 6.07) is 15.9. The molecule has 106 heavy (non-hydrogen) atoms. The molecule has 0 spiro atoms. The largest absolute Gasteiger partial charge is 0.508 e. The van der Waals surface area contributed by atoms with Crippen LogP contribution in [0.4, 0.5) is 0 Å². The van der Waals surface area contributed by atoms with Crippen LogP contribution in [0.1, 0.15) is 90.4 Å². The van der Waals surface area contributed by atoms with Crippen LogP contribution >= 0.6 is 34.8 Å². The normalized spacial score (nSPS) is 28.2. The topological polar surface area (TPSA) is 507 Å². The Balaban J connectivity index is 1.05. The Morgan fingerprint density at radius 2 is 1.24 bits per heavy atom. The zero-order valence-corrected chi connectivity index (χ0v) is 58.2. The van der Waals surface area contributed by atoms with E-state index < -0.39 is 213 Å². The van der Waals surface area contributed by atoms with Crippen LogP contribution in [0.3, 0.4) is 0 Å². The van der Waals surface area contributed by atoms with E-state index in [9.17, 15) is 65.1 Å². The number of benzene rings is 7. The van der Waals surface area contributed by atoms with Gasteiger partial charge in [-0.25, -0.2) is 4.79 Å². The summed E-state index contributed by atoms with van der Waals surface area (Å²) in [6.07, 6.45) is -17.8. The van der Waals surface area contributed by atoms with Crippen LogP contribution in [-0.2, 0) is 54.3 Å². The van der Waals surface area contributed by atoms with E-state index in [1.807, 2.05) is 36.4 Å². The van der Waals surface area contributed by atoms with Gasteiger partial charge < -0.3 is 123 Å². The van der Waals surface area contributed by atoms with Crippen molar-refractivity contribution in [3.8, 4) is 68.2 Å². The molecule has 6 amide bonds. The van der Waals surface area contributed by atoms with Crippen LogP contribution in [0.15, 0.2) is 127 Å². The van der Waals surface area contributed by atoms with Gasteiger partial charge in [0.15, 0.2) is 29.9 Å². The van der Waals surface area contributed by atoms with Crippen molar-refractivity contribution in [2.24, 2.45) is 17.2 Å². The number of carbonyl (C=O) groups excluding carboxylic acids is 6. The van der Waals surface area contributed by atoms with Gasteiger partial charge in [-0.1, -0.05) is 89.4 Å². The number of hydrogen-bond acceptors (Lipinski definition) is 24. The van der Waals surface area contributed by atoms with Crippen LogP contribution in [0.5, 0.6) is 46.0 Å². The number of phenolic OH excluding ortho intramolecular Hbond substituents is 3. The number of amides is 6. The SMILES string of the molecule is CC1OC(OC2C(Oc3c4cc5cc3Oc3ccc(cc3Cl)C(O)C3NC(=O)C(NC(=O)C5NC(=O)C(CC(N)=O)NC(=O)C(N)C(O)c5ccc(c(Cl)c5)O4)c4ccc(O)c(c4)-c4c(O)cc(O)cc4C(C(=O)O)NC3=O)OC(CNCc3ccc(-c4ccc(Cl)cc4)cc3)C(O)C2O)CC(C)(N)C1O. The molecule has 0 aliphatic carbocycles. The number of primary amides is 1. The Morgan fingerprint density at radius 3 is 1.85 bits per heavy atom. The number of aromatic hydroxyl groups is 3. The number of nitrogens with one attached hydrogen (secondary N) is 6. The second kappa shape index (κ2) is 30.9. The molecule has 7 aromatic rings. The number of carboxylic acid groups (broad SMARTS) is 1. The van der Waals surface area contributed by atoms with Crippen molar-refractivity contribution in [1.29, 1.82) is 0 Å². The molecule has 7 aromatic carbocycles. The van der Waals surface area contributed by atoms with E-state index >= 15 is 14.4 Å². The Labute approximate surface area is 617 Å². The molecular weight excluding hydrogens is 1450 g/mol. The van der Waals surface area contributed by atoms with E-state index in [1.54, 1.807) is 19.1 Å². The smallest absolute Gasteiger partial charge is 0.330 e. The number of nitrogens with two attached hydrogens (primary N) is 3. The van der Waals surface area contributed by atoms with Gasteiger partial charge in [-0.2, -0.15) is 0 Å². The van der Waals surface area contributed by atoms with Gasteiger partial charge in [-0.15, -0.1) is 0 Å². The molecule has 0 radical (unpaired) electrons. The Morgan fingerprint density at radius 1 is 0.642 bits per heavy atom. The zero-order chi connectivity index (χ0) is 76.1. The predicted octanol–water partition coefficient (Wildman–Crippen LogP) is 3.43. The summed E-state index contributed by atoms with van der Waals surface area (Å²) in [5.74, 6) is -14.5. The van der Waals surface area contributed by atoms with Gasteiger partial charge in [-0.05, 0) is 120 Å². The minimum absolute atomic E-state index is 0.0864. The van der Waals surface area contributed by atoms with E-state index in [0.29, 0.717) is 5.02 Å². The molecule has 2 fully saturated rings. The van der Waals surface area contributed by atoms with Gasteiger partial charge in [0.1, 0.15) is 89.5 Å². The van der Waals surface area contributed by atoms with E-state index in [0.717, 1.165) is 71.3 Å². The lowest BCUT2D eigenvalue weighted by molar-refractivity contribution is -0.330. The number of carbonyl (C=O) groups is 7. The molecule has 7 aliphatic rings. The number of halogens is 3. The standard InChI is InChI=1S/C72H72Cl3N9O22/c1-28-64(93)72(2,78)25-51(101-28)105-63-61(92)60(91)49(27-79-26-29-3-5-30(6-4-29)31-7-12-36(73)13-8-31)104-71(63)106-62-47-20-35-21-48(62)103-46-16-11-34(19-41(46)75)59(90)57-69(98)83-56(70(99)100)39-22-37(85)23-44(87)52(39)38-17-32(9-14-43(38)86)54(67(96)84-57)82-68(97)55(35)81-65(94)42(24-50(76)88)80-66(95)53(77)58(89)33-10-15-45(102-47)40(74)18-33/h3-23,28,42,49,51,53-61,63-64,71,79,85-87,89-93H,24-27,77-78H2,1-2H3,(H2,76,88)(H,80,95)(H,81,94)(H,82,97)(H,83,98)(H,84,96)(H,99,100). The fourth-order valence-electron chi connectivity index (χ4n) is 13.1. The first-order valence-corrected chi connectivity index (χ1v) is 34.1. The highest BCUT2D eigenvalue weighted by Crippen LogP contribution is 2.50. The number of aliphatic hydroxyl groups is 5. The van der Waals surface area contributed by atoms with Crippen molar-refractivity contribution in [3.05, 3.63) is 176 Å². The Hall–Kier alpha value is -9.94. The minimum atomic E-state index is -2.29. The van der Waals surface area contributed by atoms with Crippen LogP contribution in [0.2, 0.25) is 15.1 Å². The molecule has 14 rings (SSSR count). The molecule has 7 heterocycles. The fourth-order valence-corrected chi connectivity index (χ4v) is 13.7. The monoisotopic (exact) mass is 1520 g/mol. The Kier molecular flexibility index (Phi) is 22.1. The number of carboxylic acids is 1. The summed E-state index contributed by atoms with van der Waals surface area (Å²) in [7, 11) is 0. The summed E-state index contributed by atoms with van der Waals surface area (Å²) in [5, 5.41) is 119. The average molecular weight is 1520 g/mol. The molecule has 0 saturated carbocycles. The summed E-state index contributed by atoms with van der Waals surface area (Å²) in [4.78, 5) is 102. The first kappa shape index (κ1) is 75.7.